The van der Waals surface area contributed by atoms with E-state index in [1.807, 2.05) is 38.2 Å². The normalized spacial score (nSPS) is 29.5. The minimum Gasteiger partial charge on any atom is -0.490 e. The number of aromatic nitrogens is 2. The van der Waals surface area contributed by atoms with Crippen LogP contribution in [0.2, 0.25) is 5.02 Å². The summed E-state index contributed by atoms with van der Waals surface area (Å²) < 4.78 is 36.4. The minimum atomic E-state index is -3.50. The van der Waals surface area contributed by atoms with Crippen molar-refractivity contribution in [1.82, 2.24) is 14.5 Å². The Labute approximate surface area is 312 Å². The largest absolute Gasteiger partial charge is 0.490 e. The third kappa shape index (κ3) is 7.41. The molecule has 4 aliphatic rings. The number of hydrogen-bond donors (Lipinski definition) is 1. The second kappa shape index (κ2) is 15.4. The van der Waals surface area contributed by atoms with Crippen LogP contribution in [0.1, 0.15) is 85.5 Å². The highest BCUT2D eigenvalue weighted by atomic mass is 35.5. The van der Waals surface area contributed by atoms with Crippen LogP contribution < -0.4 is 14.4 Å². The Bertz CT molecular complexity index is 1970. The Morgan fingerprint density at radius 2 is 2.04 bits per heavy atom. The summed E-state index contributed by atoms with van der Waals surface area (Å²) in [6.07, 6.45) is 13.2. The number of ether oxygens (including phenoxy) is 2. The predicted octanol–water partition coefficient (Wildman–Crippen LogP) is 6.99. The first-order valence-corrected chi connectivity index (χ1v) is 20.6. The number of fused-ring (bicyclic) bond motifs is 4. The zero-order valence-corrected chi connectivity index (χ0v) is 32.0. The minimum absolute atomic E-state index is 0.0467. The van der Waals surface area contributed by atoms with Gasteiger partial charge in [0.15, 0.2) is 0 Å². The molecule has 2 amide bonds. The van der Waals surface area contributed by atoms with Gasteiger partial charge in [0.1, 0.15) is 15.7 Å². The van der Waals surface area contributed by atoms with Gasteiger partial charge < -0.3 is 14.4 Å². The standard InChI is InChI=1S/C40H50ClN5O5S/c1-4-32-9-5-6-10-36(50-3)33-15-11-29(33)24-46-25-40(20-7-8-27-22-30(41)13-16-34(27)40)26-51-37-17-12-28(23-35(37)46)39(48)44-52(32,49)43-38(47)18-14-31-19-21-42-45(31)2/h6,10,12-13,16-17,19,21-23,29,32-33,36H,4-5,7-9,11,14-15,18,20,24-26H2,1-3H3,(H,43,44,47,48,49)/b10-6+/t29-,32+,33+,36-,40-,52?/m0/s1. The summed E-state index contributed by atoms with van der Waals surface area (Å²) in [5, 5.41) is 4.39. The van der Waals surface area contributed by atoms with Crippen molar-refractivity contribution in [2.45, 2.75) is 87.9 Å². The second-order valence-electron chi connectivity index (χ2n) is 15.0. The van der Waals surface area contributed by atoms with Crippen molar-refractivity contribution in [2.75, 3.05) is 31.7 Å². The number of methoxy groups -OCH3 is 1. The Hall–Kier alpha value is -3.67. The maximum absolute atomic E-state index is 14.8. The van der Waals surface area contributed by atoms with E-state index in [1.165, 1.54) is 11.1 Å². The zero-order chi connectivity index (χ0) is 36.5. The van der Waals surface area contributed by atoms with Gasteiger partial charge in [-0.25, -0.2) is 4.21 Å². The van der Waals surface area contributed by atoms with Crippen molar-refractivity contribution in [3.8, 4) is 5.75 Å². The van der Waals surface area contributed by atoms with Crippen molar-refractivity contribution < 1.29 is 23.3 Å². The highest BCUT2D eigenvalue weighted by molar-refractivity contribution is 7.93. The molecule has 2 aromatic carbocycles. The lowest BCUT2D eigenvalue weighted by molar-refractivity contribution is -0.119. The number of carbonyl (C=O) groups excluding carboxylic acids is 2. The van der Waals surface area contributed by atoms with Gasteiger partial charge >= 0.3 is 0 Å². The van der Waals surface area contributed by atoms with Gasteiger partial charge in [0.05, 0.1) is 23.6 Å². The second-order valence-corrected chi connectivity index (χ2v) is 17.6. The van der Waals surface area contributed by atoms with Crippen molar-refractivity contribution in [3.05, 3.63) is 88.2 Å². The SMILES string of the molecule is CC[C@@H]1CC/C=C/[C@H](OC)[C@@H]2CC[C@H]2CN2C[C@@]3(CCCc4cc(Cl)ccc43)COc3ccc(cc32)C(=O)N=S1(=O)NC(=O)CCc1ccnn1C. The van der Waals surface area contributed by atoms with Gasteiger partial charge in [-0.05, 0) is 117 Å². The Kier molecular flexibility index (Phi) is 10.8. The van der Waals surface area contributed by atoms with E-state index in [0.717, 1.165) is 61.6 Å². The molecule has 3 heterocycles. The molecule has 1 N–H and O–H groups in total. The van der Waals surface area contributed by atoms with Gasteiger partial charge in [0, 0.05) is 61.6 Å². The zero-order valence-electron chi connectivity index (χ0n) is 30.4. The van der Waals surface area contributed by atoms with Crippen molar-refractivity contribution >= 4 is 39.0 Å². The van der Waals surface area contributed by atoms with E-state index < -0.39 is 27.0 Å². The molecule has 2 bridgehead atoms. The number of aryl methyl sites for hydroxylation is 3. The molecular formula is C40H50ClN5O5S. The lowest BCUT2D eigenvalue weighted by atomic mass is 9.68. The summed E-state index contributed by atoms with van der Waals surface area (Å²) in [6.45, 7) is 3.95. The van der Waals surface area contributed by atoms with Crippen LogP contribution in [-0.4, -0.2) is 64.0 Å². The van der Waals surface area contributed by atoms with Crippen molar-refractivity contribution in [3.63, 3.8) is 0 Å². The van der Waals surface area contributed by atoms with Crippen LogP contribution in [0.15, 0.2) is 65.2 Å². The fraction of sp³-hybridized carbons (Fsp3) is 0.525. The van der Waals surface area contributed by atoms with E-state index in [-0.39, 0.29) is 17.9 Å². The summed E-state index contributed by atoms with van der Waals surface area (Å²) in [6, 6.07) is 13.5. The molecule has 3 aromatic rings. The third-order valence-electron chi connectivity index (χ3n) is 11.8. The molecule has 1 aromatic heterocycles. The fourth-order valence-corrected chi connectivity index (χ4v) is 11.0. The molecule has 0 radical (unpaired) electrons. The molecular weight excluding hydrogens is 698 g/mol. The molecule has 1 fully saturated rings. The van der Waals surface area contributed by atoms with Gasteiger partial charge in [-0.2, -0.15) is 5.10 Å². The molecule has 52 heavy (non-hydrogen) atoms. The van der Waals surface area contributed by atoms with Crippen LogP contribution in [0.3, 0.4) is 0 Å². The summed E-state index contributed by atoms with van der Waals surface area (Å²) >= 11 is 6.47. The first kappa shape index (κ1) is 36.7. The van der Waals surface area contributed by atoms with E-state index in [2.05, 4.69) is 43.4 Å². The quantitative estimate of drug-likeness (QED) is 0.271. The highest BCUT2D eigenvalue weighted by Gasteiger charge is 2.44. The number of hydrogen-bond acceptors (Lipinski definition) is 7. The highest BCUT2D eigenvalue weighted by Crippen LogP contribution is 2.47. The smallest absolute Gasteiger partial charge is 0.286 e. The van der Waals surface area contributed by atoms with Crippen LogP contribution in [0.25, 0.3) is 0 Å². The molecule has 1 saturated carbocycles. The fourth-order valence-electron chi connectivity index (χ4n) is 8.74. The third-order valence-corrected chi connectivity index (χ3v) is 14.5. The number of nitrogens with one attached hydrogen (secondary N) is 1. The molecule has 1 unspecified atom stereocenters. The molecule has 278 valence electrons. The van der Waals surface area contributed by atoms with Gasteiger partial charge in [-0.1, -0.05) is 36.7 Å². The lowest BCUT2D eigenvalue weighted by Gasteiger charge is -2.46. The topological polar surface area (TPSA) is 115 Å². The number of amides is 2. The van der Waals surface area contributed by atoms with E-state index >= 15 is 0 Å². The molecule has 10 nitrogen and oxygen atoms in total. The number of halogens is 1. The van der Waals surface area contributed by atoms with E-state index in [1.54, 1.807) is 24.1 Å². The Morgan fingerprint density at radius 3 is 2.79 bits per heavy atom. The van der Waals surface area contributed by atoms with Gasteiger partial charge in [-0.3, -0.25) is 19.0 Å². The van der Waals surface area contributed by atoms with Crippen molar-refractivity contribution in [2.24, 2.45) is 23.2 Å². The van der Waals surface area contributed by atoms with Crippen molar-refractivity contribution in [1.29, 1.82) is 0 Å². The first-order chi connectivity index (χ1) is 25.1. The molecule has 7 rings (SSSR count). The monoisotopic (exact) mass is 747 g/mol. The van der Waals surface area contributed by atoms with E-state index in [9.17, 15) is 13.8 Å². The maximum atomic E-state index is 14.8. The number of carbonyl (C=O) groups is 2. The van der Waals surface area contributed by atoms with Gasteiger partial charge in [-0.15, -0.1) is 4.36 Å². The number of nitrogens with zero attached hydrogens (tertiary/aromatic N) is 4. The predicted molar refractivity (Wildman–Crippen MR) is 204 cm³/mol. The average Bonchev–Trinajstić information content (AvgIpc) is 3.47. The van der Waals surface area contributed by atoms with E-state index in [0.29, 0.717) is 55.4 Å². The summed E-state index contributed by atoms with van der Waals surface area (Å²) in [4.78, 5) is 29.9. The van der Waals surface area contributed by atoms with Crippen LogP contribution in [0, 0.1) is 11.8 Å². The molecule has 12 heteroatoms. The molecule has 2 aliphatic heterocycles. The first-order valence-electron chi connectivity index (χ1n) is 18.7. The Balaban J connectivity index is 1.28. The van der Waals surface area contributed by atoms with Crippen LogP contribution in [0.4, 0.5) is 5.69 Å². The summed E-state index contributed by atoms with van der Waals surface area (Å²) in [5.74, 6) is 0.428. The Morgan fingerprint density at radius 1 is 1.17 bits per heavy atom. The van der Waals surface area contributed by atoms with Crippen LogP contribution in [0.5, 0.6) is 5.75 Å². The maximum Gasteiger partial charge on any atom is 0.286 e. The lowest BCUT2D eigenvalue weighted by Crippen LogP contribution is -2.49. The number of anilines is 1. The number of allylic oxidation sites excluding steroid dienone is 1. The van der Waals surface area contributed by atoms with Crippen LogP contribution in [-0.2, 0) is 44.8 Å². The van der Waals surface area contributed by atoms with Crippen LogP contribution >= 0.6 is 11.6 Å². The van der Waals surface area contributed by atoms with E-state index in [4.69, 9.17) is 21.1 Å². The van der Waals surface area contributed by atoms with Gasteiger partial charge in [0.25, 0.3) is 5.91 Å². The molecule has 2 aliphatic carbocycles. The van der Waals surface area contributed by atoms with Gasteiger partial charge in [0.2, 0.25) is 5.91 Å². The molecule has 6 atom stereocenters. The summed E-state index contributed by atoms with van der Waals surface area (Å²) in [7, 11) is 0.0911. The molecule has 0 saturated heterocycles. The molecule has 1 spiro atoms. The number of rotatable bonds is 6. The average molecular weight is 748 g/mol. The summed E-state index contributed by atoms with van der Waals surface area (Å²) in [5.41, 5.74) is 4.33. The number of benzene rings is 2.